The first-order valence-electron chi connectivity index (χ1n) is 17.1. The van der Waals surface area contributed by atoms with Crippen LogP contribution in [-0.2, 0) is 0 Å². The Morgan fingerprint density at radius 1 is 0.451 bits per heavy atom. The number of thiophene rings is 1. The average molecular weight is 670 g/mol. The highest BCUT2D eigenvalue weighted by molar-refractivity contribution is 7.25. The normalized spacial score (nSPS) is 11.9. The van der Waals surface area contributed by atoms with Gasteiger partial charge in [-0.1, -0.05) is 115 Å². The quantitative estimate of drug-likeness (QED) is 0.187. The third-order valence-corrected chi connectivity index (χ3v) is 11.2. The molecular formula is C46H27N3OS. The smallest absolute Gasteiger partial charge is 0.165 e. The molecule has 4 heterocycles. The fourth-order valence-electron chi connectivity index (χ4n) is 7.66. The van der Waals surface area contributed by atoms with Gasteiger partial charge in [-0.3, -0.25) is 4.57 Å². The third kappa shape index (κ3) is 4.38. The molecule has 0 aliphatic carbocycles. The van der Waals surface area contributed by atoms with E-state index < -0.39 is 0 Å². The van der Waals surface area contributed by atoms with Crippen molar-refractivity contribution in [3.05, 3.63) is 164 Å². The van der Waals surface area contributed by atoms with E-state index in [0.29, 0.717) is 5.82 Å². The van der Waals surface area contributed by atoms with E-state index in [0.717, 1.165) is 66.7 Å². The second kappa shape index (κ2) is 11.0. The van der Waals surface area contributed by atoms with E-state index in [4.69, 9.17) is 14.4 Å². The highest BCUT2D eigenvalue weighted by atomic mass is 32.1. The van der Waals surface area contributed by atoms with E-state index in [1.165, 1.54) is 30.9 Å². The number of hydrogen-bond donors (Lipinski definition) is 0. The van der Waals surface area contributed by atoms with Crippen molar-refractivity contribution in [2.75, 3.05) is 0 Å². The van der Waals surface area contributed by atoms with Gasteiger partial charge in [-0.15, -0.1) is 11.3 Å². The van der Waals surface area contributed by atoms with E-state index in [9.17, 15) is 0 Å². The summed E-state index contributed by atoms with van der Waals surface area (Å²) >= 11 is 1.85. The lowest BCUT2D eigenvalue weighted by atomic mass is 10.0. The SMILES string of the molecule is c1ccc(-c2cccc(-c3cc(-n4c5ccccc5c5cc6sc7ccccc7c6cc54)nc(-c4cccc5c4oc4ccccc45)n3)c2)cc1. The Morgan fingerprint density at radius 2 is 1.18 bits per heavy atom. The fraction of sp³-hybridized carbons (Fsp3) is 0. The summed E-state index contributed by atoms with van der Waals surface area (Å²) < 4.78 is 11.4. The predicted octanol–water partition coefficient (Wildman–Crippen LogP) is 12.8. The largest absolute Gasteiger partial charge is 0.455 e. The second-order valence-corrected chi connectivity index (χ2v) is 14.1. The maximum absolute atomic E-state index is 6.53. The molecule has 51 heavy (non-hydrogen) atoms. The van der Waals surface area contributed by atoms with E-state index in [2.05, 4.69) is 150 Å². The molecule has 5 heteroatoms. The molecule has 0 saturated carbocycles. The molecule has 0 saturated heterocycles. The Hall–Kier alpha value is -6.56. The third-order valence-electron chi connectivity index (χ3n) is 10.0. The summed E-state index contributed by atoms with van der Waals surface area (Å²) in [5.74, 6) is 1.42. The Balaban J connectivity index is 1.22. The Morgan fingerprint density at radius 3 is 2.10 bits per heavy atom. The first kappa shape index (κ1) is 28.3. The minimum Gasteiger partial charge on any atom is -0.455 e. The van der Waals surface area contributed by atoms with Crippen molar-refractivity contribution in [3.8, 4) is 39.6 Å². The van der Waals surface area contributed by atoms with Crippen LogP contribution in [0.1, 0.15) is 0 Å². The summed E-state index contributed by atoms with van der Waals surface area (Å²) in [6.45, 7) is 0. The predicted molar refractivity (Wildman–Crippen MR) is 213 cm³/mol. The molecule has 0 spiro atoms. The van der Waals surface area contributed by atoms with Gasteiger partial charge in [-0.25, -0.2) is 9.97 Å². The van der Waals surface area contributed by atoms with E-state index in [-0.39, 0.29) is 0 Å². The van der Waals surface area contributed by atoms with Crippen molar-refractivity contribution in [1.29, 1.82) is 0 Å². The lowest BCUT2D eigenvalue weighted by molar-refractivity contribution is 0.669. The number of furan rings is 1. The van der Waals surface area contributed by atoms with Gasteiger partial charge >= 0.3 is 0 Å². The summed E-state index contributed by atoms with van der Waals surface area (Å²) in [6.07, 6.45) is 0. The Kier molecular flexibility index (Phi) is 6.09. The van der Waals surface area contributed by atoms with Crippen LogP contribution in [0.25, 0.3) is 104 Å². The molecule has 238 valence electrons. The van der Waals surface area contributed by atoms with Crippen LogP contribution < -0.4 is 0 Å². The maximum atomic E-state index is 6.53. The van der Waals surface area contributed by atoms with Crippen LogP contribution in [-0.4, -0.2) is 14.5 Å². The minimum atomic E-state index is 0.616. The number of nitrogens with zero attached hydrogens (tertiary/aromatic N) is 3. The van der Waals surface area contributed by atoms with Gasteiger partial charge in [0.05, 0.1) is 22.3 Å². The molecule has 11 rings (SSSR count). The van der Waals surface area contributed by atoms with Gasteiger partial charge in [0, 0.05) is 53.3 Å². The zero-order valence-electron chi connectivity index (χ0n) is 27.2. The number of hydrogen-bond acceptors (Lipinski definition) is 4. The molecule has 11 aromatic rings. The number of fused-ring (bicyclic) bond motifs is 9. The van der Waals surface area contributed by atoms with Gasteiger partial charge in [0.15, 0.2) is 5.82 Å². The molecule has 0 N–H and O–H groups in total. The standard InChI is InChI=1S/C46H27N3OS/c1-2-12-28(13-3-1)29-14-10-15-30(24-29)38-27-44(48-46(47-38)35-20-11-19-34-32-17-5-8-22-41(32)50-45(34)35)49-39-21-7-4-16-31(39)36-26-43-37(25-40(36)49)33-18-6-9-23-42(33)51-43/h1-27H. The van der Waals surface area contributed by atoms with Crippen LogP contribution in [0, 0.1) is 0 Å². The summed E-state index contributed by atoms with van der Waals surface area (Å²) in [6, 6.07) is 57.7. The first-order valence-corrected chi connectivity index (χ1v) is 17.9. The van der Waals surface area contributed by atoms with Crippen molar-refractivity contribution in [3.63, 3.8) is 0 Å². The number of benzene rings is 7. The molecule has 0 unspecified atom stereocenters. The van der Waals surface area contributed by atoms with Crippen molar-refractivity contribution in [2.45, 2.75) is 0 Å². The van der Waals surface area contributed by atoms with Crippen LogP contribution in [0.2, 0.25) is 0 Å². The van der Waals surface area contributed by atoms with Crippen LogP contribution >= 0.6 is 11.3 Å². The molecule has 0 aliphatic rings. The first-order chi connectivity index (χ1) is 25.3. The van der Waals surface area contributed by atoms with E-state index in [1.807, 2.05) is 29.5 Å². The Labute approximate surface area is 296 Å². The van der Waals surface area contributed by atoms with Crippen molar-refractivity contribution in [1.82, 2.24) is 14.5 Å². The van der Waals surface area contributed by atoms with Crippen molar-refractivity contribution >= 4 is 75.3 Å². The highest BCUT2D eigenvalue weighted by Gasteiger charge is 2.20. The lowest BCUT2D eigenvalue weighted by Gasteiger charge is -2.13. The second-order valence-electron chi connectivity index (χ2n) is 13.0. The van der Waals surface area contributed by atoms with Crippen molar-refractivity contribution < 1.29 is 4.42 Å². The molecule has 0 amide bonds. The molecule has 0 bridgehead atoms. The summed E-state index contributed by atoms with van der Waals surface area (Å²) in [7, 11) is 0. The summed E-state index contributed by atoms with van der Waals surface area (Å²) in [4.78, 5) is 10.7. The zero-order valence-corrected chi connectivity index (χ0v) is 28.1. The zero-order chi connectivity index (χ0) is 33.5. The van der Waals surface area contributed by atoms with Crippen molar-refractivity contribution in [2.24, 2.45) is 0 Å². The van der Waals surface area contributed by atoms with Gasteiger partial charge in [0.1, 0.15) is 17.0 Å². The van der Waals surface area contributed by atoms with Crippen LogP contribution in [0.5, 0.6) is 0 Å². The van der Waals surface area contributed by atoms with E-state index in [1.54, 1.807) is 0 Å². The highest BCUT2D eigenvalue weighted by Crippen LogP contribution is 2.42. The van der Waals surface area contributed by atoms with Gasteiger partial charge in [-0.2, -0.15) is 0 Å². The van der Waals surface area contributed by atoms with Gasteiger partial charge in [0.25, 0.3) is 0 Å². The molecule has 0 radical (unpaired) electrons. The molecule has 0 atom stereocenters. The molecule has 0 fully saturated rings. The monoisotopic (exact) mass is 669 g/mol. The van der Waals surface area contributed by atoms with Crippen LogP contribution in [0.3, 0.4) is 0 Å². The van der Waals surface area contributed by atoms with Gasteiger partial charge < -0.3 is 4.42 Å². The van der Waals surface area contributed by atoms with Gasteiger partial charge in [0.2, 0.25) is 0 Å². The topological polar surface area (TPSA) is 43.9 Å². The number of rotatable bonds is 4. The van der Waals surface area contributed by atoms with Crippen LogP contribution in [0.4, 0.5) is 0 Å². The fourth-order valence-corrected chi connectivity index (χ4v) is 8.79. The molecule has 4 aromatic heterocycles. The molecular weight excluding hydrogens is 643 g/mol. The van der Waals surface area contributed by atoms with Gasteiger partial charge in [-0.05, 0) is 53.6 Å². The van der Waals surface area contributed by atoms with E-state index >= 15 is 0 Å². The lowest BCUT2D eigenvalue weighted by Crippen LogP contribution is -2.02. The number of para-hydroxylation sites is 3. The molecule has 4 nitrogen and oxygen atoms in total. The van der Waals surface area contributed by atoms with Crippen LogP contribution in [0.15, 0.2) is 168 Å². The Bertz CT molecular complexity index is 3150. The summed E-state index contributed by atoms with van der Waals surface area (Å²) in [5.41, 5.74) is 8.87. The molecule has 0 aliphatic heterocycles. The molecule has 7 aromatic carbocycles. The number of aromatic nitrogens is 3. The summed E-state index contributed by atoms with van der Waals surface area (Å²) in [5, 5.41) is 7.05. The average Bonchev–Trinajstić information content (AvgIpc) is 3.86. The maximum Gasteiger partial charge on any atom is 0.165 e. The minimum absolute atomic E-state index is 0.616.